The normalized spacial score (nSPS) is 24.2. The van der Waals surface area contributed by atoms with Crippen molar-refractivity contribution in [3.8, 4) is 0 Å². The summed E-state index contributed by atoms with van der Waals surface area (Å²) >= 11 is 0. The van der Waals surface area contributed by atoms with Gasteiger partial charge < -0.3 is 41.6 Å². The Morgan fingerprint density at radius 3 is 2.02 bits per heavy atom. The first-order chi connectivity index (χ1) is 22.5. The number of carbonyl (C=O) groups excluding carboxylic acids is 3. The second kappa shape index (κ2) is 16.7. The van der Waals surface area contributed by atoms with Gasteiger partial charge in [0.15, 0.2) is 5.72 Å². The maximum Gasteiger partial charge on any atom is 0.413 e. The van der Waals surface area contributed by atoms with E-state index in [2.05, 4.69) is 5.32 Å². The van der Waals surface area contributed by atoms with Gasteiger partial charge in [-0.2, -0.15) is 0 Å². The van der Waals surface area contributed by atoms with Crippen LogP contribution in [0.15, 0.2) is 60.7 Å². The van der Waals surface area contributed by atoms with Crippen molar-refractivity contribution in [1.29, 1.82) is 0 Å². The molecule has 48 heavy (non-hydrogen) atoms. The summed E-state index contributed by atoms with van der Waals surface area (Å²) in [6.07, 6.45) is -5.61. The highest BCUT2D eigenvalue weighted by Crippen LogP contribution is 2.38. The first kappa shape index (κ1) is 38.9. The van der Waals surface area contributed by atoms with Crippen LogP contribution in [0.3, 0.4) is 0 Å². The van der Waals surface area contributed by atoms with Crippen LogP contribution < -0.4 is 16.8 Å². The van der Waals surface area contributed by atoms with Crippen LogP contribution in [0.1, 0.15) is 65.5 Å². The molecule has 0 spiro atoms. The van der Waals surface area contributed by atoms with Crippen molar-refractivity contribution in [2.24, 2.45) is 23.3 Å². The Labute approximate surface area is 283 Å². The summed E-state index contributed by atoms with van der Waals surface area (Å²) in [5.41, 5.74) is 10.2. The molecule has 3 unspecified atom stereocenters. The lowest BCUT2D eigenvalue weighted by molar-refractivity contribution is -0.186. The summed E-state index contributed by atoms with van der Waals surface area (Å²) in [6.45, 7) is 10.1. The molecule has 0 bridgehead atoms. The Balaban J connectivity index is 2.12. The molecule has 1 saturated heterocycles. The molecular weight excluding hydrogens is 616 g/mol. The average molecular weight is 671 g/mol. The summed E-state index contributed by atoms with van der Waals surface area (Å²) in [6, 6.07) is 16.3. The maximum absolute atomic E-state index is 14.1. The van der Waals surface area contributed by atoms with Gasteiger partial charge in [0, 0.05) is 12.5 Å². The van der Waals surface area contributed by atoms with Gasteiger partial charge in [-0.25, -0.2) is 4.79 Å². The Kier molecular flexibility index (Phi) is 13.5. The van der Waals surface area contributed by atoms with Crippen LogP contribution in [0.2, 0.25) is 0 Å². The minimum absolute atomic E-state index is 0.0762. The number of amides is 3. The van der Waals surface area contributed by atoms with Gasteiger partial charge in [-0.05, 0) is 64.0 Å². The number of hydrogen-bond donors (Lipinski definition) is 6. The molecule has 3 amide bonds. The number of nitrogens with two attached hydrogens (primary N) is 2. The van der Waals surface area contributed by atoms with Gasteiger partial charge in [-0.3, -0.25) is 14.5 Å². The van der Waals surface area contributed by atoms with E-state index in [1.54, 1.807) is 20.8 Å². The minimum atomic E-state index is -1.88. The first-order valence-electron chi connectivity index (χ1n) is 16.6. The fraction of sp³-hybridized carbons (Fsp3) is 0.583. The van der Waals surface area contributed by atoms with Crippen molar-refractivity contribution < 1.29 is 39.2 Å². The Hall–Kier alpha value is -3.55. The number of nitrogens with one attached hydrogen (secondary N) is 1. The molecule has 0 saturated carbocycles. The lowest BCUT2D eigenvalue weighted by Gasteiger charge is -2.46. The van der Waals surface area contributed by atoms with E-state index in [4.69, 9.17) is 20.9 Å². The number of aliphatic hydroxyl groups excluding tert-OH is 3. The molecule has 12 nitrogen and oxygen atoms in total. The van der Waals surface area contributed by atoms with Gasteiger partial charge in [0.2, 0.25) is 11.8 Å². The fourth-order valence-corrected chi connectivity index (χ4v) is 6.20. The topological polar surface area (TPSA) is 198 Å². The number of nitrogens with zero attached hydrogens (tertiary/aromatic N) is 1. The molecule has 1 heterocycles. The zero-order valence-electron chi connectivity index (χ0n) is 28.9. The number of ether oxygens (including phenoxy) is 2. The zero-order valence-corrected chi connectivity index (χ0v) is 28.9. The molecular formula is C36H54N4O8. The molecule has 0 aliphatic carbocycles. The first-order valence-corrected chi connectivity index (χ1v) is 16.6. The molecule has 8 N–H and O–H groups in total. The molecule has 3 rings (SSSR count). The summed E-state index contributed by atoms with van der Waals surface area (Å²) in [5, 5.41) is 37.2. The molecule has 1 aliphatic rings. The second-order valence-electron chi connectivity index (χ2n) is 14.0. The standard InChI is InChI=1S/C36H54N4O8/c1-7-22(2)29(32(38)44)39-33(45)25(18-23-14-10-8-11-15-23)20-27(41)26(19-24-16-12-9-13-17-24)40(34(46)48-35(3,4)5)36(6)31(43)30(42)28(21-37)47-36/h8-17,22,25-31,41-43H,7,18-21,37H2,1-6H3,(H2,38,44)(H,39,45)/t22-,25?,26?,27?,28+,29-,30+,31+,36+/m0/s1. The minimum Gasteiger partial charge on any atom is -0.444 e. The lowest BCUT2D eigenvalue weighted by Crippen LogP contribution is -2.64. The van der Waals surface area contributed by atoms with Gasteiger partial charge >= 0.3 is 6.09 Å². The number of aliphatic hydroxyl groups is 3. The molecule has 1 aliphatic heterocycles. The molecule has 9 atom stereocenters. The highest BCUT2D eigenvalue weighted by molar-refractivity contribution is 5.88. The number of carbonyl (C=O) groups is 3. The van der Waals surface area contributed by atoms with E-state index in [-0.39, 0.29) is 31.7 Å². The van der Waals surface area contributed by atoms with Crippen LogP contribution in [-0.2, 0) is 31.9 Å². The predicted octanol–water partition coefficient (Wildman–Crippen LogP) is 2.26. The zero-order chi connectivity index (χ0) is 35.8. The van der Waals surface area contributed by atoms with Crippen LogP contribution in [-0.4, -0.2) is 92.5 Å². The van der Waals surface area contributed by atoms with E-state index in [9.17, 15) is 29.7 Å². The second-order valence-corrected chi connectivity index (χ2v) is 14.0. The van der Waals surface area contributed by atoms with Crippen LogP contribution in [0.25, 0.3) is 0 Å². The van der Waals surface area contributed by atoms with Crippen LogP contribution in [0.5, 0.6) is 0 Å². The van der Waals surface area contributed by atoms with E-state index in [1.807, 2.05) is 74.5 Å². The third-order valence-electron chi connectivity index (χ3n) is 9.05. The third-order valence-corrected chi connectivity index (χ3v) is 9.05. The Morgan fingerprint density at radius 1 is 1.02 bits per heavy atom. The van der Waals surface area contributed by atoms with E-state index in [0.29, 0.717) is 6.42 Å². The number of rotatable bonds is 15. The molecule has 2 aromatic carbocycles. The largest absolute Gasteiger partial charge is 0.444 e. The van der Waals surface area contributed by atoms with Crippen molar-refractivity contribution in [3.63, 3.8) is 0 Å². The van der Waals surface area contributed by atoms with Gasteiger partial charge in [0.25, 0.3) is 0 Å². The Bertz CT molecular complexity index is 1340. The number of benzene rings is 2. The average Bonchev–Trinajstić information content (AvgIpc) is 3.26. The maximum atomic E-state index is 14.1. The monoisotopic (exact) mass is 670 g/mol. The lowest BCUT2D eigenvalue weighted by atomic mass is 9.86. The molecule has 266 valence electrons. The molecule has 2 aromatic rings. The van der Waals surface area contributed by atoms with E-state index < -0.39 is 71.7 Å². The highest BCUT2D eigenvalue weighted by Gasteiger charge is 2.58. The third kappa shape index (κ3) is 9.76. The number of primary amides is 1. The van der Waals surface area contributed by atoms with Gasteiger partial charge in [0.1, 0.15) is 30.0 Å². The van der Waals surface area contributed by atoms with E-state index >= 15 is 0 Å². The van der Waals surface area contributed by atoms with Crippen molar-refractivity contribution in [2.45, 2.75) is 115 Å². The quantitative estimate of drug-likeness (QED) is 0.165. The SMILES string of the molecule is CC[C@H](C)[C@H](NC(=O)C(Cc1ccccc1)CC(O)C(Cc1ccccc1)N(C(=O)OC(C)(C)C)[C@]1(C)O[C@H](CN)[C@@H](O)[C@H]1O)C(N)=O. The molecule has 12 heteroatoms. The van der Waals surface area contributed by atoms with Crippen molar-refractivity contribution in [1.82, 2.24) is 10.2 Å². The Morgan fingerprint density at radius 2 is 1.56 bits per heavy atom. The van der Waals surface area contributed by atoms with Crippen molar-refractivity contribution in [3.05, 3.63) is 71.8 Å². The van der Waals surface area contributed by atoms with Crippen LogP contribution in [0.4, 0.5) is 4.79 Å². The summed E-state index contributed by atoms with van der Waals surface area (Å²) in [5.74, 6) is -2.24. The van der Waals surface area contributed by atoms with Crippen LogP contribution >= 0.6 is 0 Å². The van der Waals surface area contributed by atoms with E-state index in [1.165, 1.54) is 6.92 Å². The van der Waals surface area contributed by atoms with E-state index in [0.717, 1.165) is 16.0 Å². The van der Waals surface area contributed by atoms with Crippen LogP contribution in [0, 0.1) is 11.8 Å². The fourth-order valence-electron chi connectivity index (χ4n) is 6.20. The van der Waals surface area contributed by atoms with Gasteiger partial charge in [0.05, 0.1) is 12.1 Å². The summed E-state index contributed by atoms with van der Waals surface area (Å²) in [4.78, 5) is 41.6. The predicted molar refractivity (Wildman–Crippen MR) is 181 cm³/mol. The van der Waals surface area contributed by atoms with Gasteiger partial charge in [-0.1, -0.05) is 80.9 Å². The summed E-state index contributed by atoms with van der Waals surface area (Å²) in [7, 11) is 0. The molecule has 1 fully saturated rings. The highest BCUT2D eigenvalue weighted by atomic mass is 16.6. The molecule has 0 radical (unpaired) electrons. The molecule has 0 aromatic heterocycles. The van der Waals surface area contributed by atoms with Crippen molar-refractivity contribution >= 4 is 17.9 Å². The van der Waals surface area contributed by atoms with Crippen molar-refractivity contribution in [2.75, 3.05) is 6.54 Å². The van der Waals surface area contributed by atoms with Gasteiger partial charge in [-0.15, -0.1) is 0 Å². The summed E-state index contributed by atoms with van der Waals surface area (Å²) < 4.78 is 11.9. The smallest absolute Gasteiger partial charge is 0.413 e. The number of hydrogen-bond acceptors (Lipinski definition) is 9.